The van der Waals surface area contributed by atoms with Gasteiger partial charge in [0.1, 0.15) is 10.6 Å². The lowest BCUT2D eigenvalue weighted by Crippen LogP contribution is -2.15. The largest absolute Gasteiger partial charge is 0.491 e. The molecular weight excluding hydrogens is 252 g/mol. The minimum Gasteiger partial charge on any atom is -0.491 e. The lowest BCUT2D eigenvalue weighted by molar-refractivity contribution is 0.298. The molecule has 0 spiro atoms. The van der Waals surface area contributed by atoms with Gasteiger partial charge in [0.05, 0.1) is 12.3 Å². The van der Waals surface area contributed by atoms with Gasteiger partial charge >= 0.3 is 0 Å². The number of ether oxygens (including phenoxy) is 1. The molecule has 0 aliphatic carbocycles. The van der Waals surface area contributed by atoms with Crippen molar-refractivity contribution in [2.45, 2.75) is 31.6 Å². The summed E-state index contributed by atoms with van der Waals surface area (Å²) < 4.78 is 28.0. The van der Waals surface area contributed by atoms with Crippen LogP contribution in [0.25, 0.3) is 0 Å². The Hall–Kier alpha value is -1.27. The molecule has 0 atom stereocenters. The van der Waals surface area contributed by atoms with E-state index in [1.165, 1.54) is 6.07 Å². The zero-order valence-corrected chi connectivity index (χ0v) is 11.5. The third-order valence-electron chi connectivity index (χ3n) is 2.52. The van der Waals surface area contributed by atoms with Gasteiger partial charge in [0.25, 0.3) is 0 Å². The summed E-state index contributed by atoms with van der Waals surface area (Å²) >= 11 is 0. The van der Waals surface area contributed by atoms with Crippen LogP contribution in [0.4, 0.5) is 5.69 Å². The van der Waals surface area contributed by atoms with Crippen molar-refractivity contribution in [3.05, 3.63) is 18.2 Å². The van der Waals surface area contributed by atoms with E-state index in [1.54, 1.807) is 12.1 Å². The Bertz CT molecular complexity index is 498. The third kappa shape index (κ3) is 4.19. The number of primary sulfonamides is 1. The van der Waals surface area contributed by atoms with Crippen LogP contribution in [0.15, 0.2) is 23.1 Å². The maximum atomic E-state index is 11.3. The van der Waals surface area contributed by atoms with E-state index in [1.807, 2.05) is 0 Å². The molecule has 4 N–H and O–H groups in total. The van der Waals surface area contributed by atoms with Gasteiger partial charge in [0.15, 0.2) is 0 Å². The molecule has 0 bridgehead atoms. The smallest absolute Gasteiger partial charge is 0.240 e. The van der Waals surface area contributed by atoms with Gasteiger partial charge in [-0.1, -0.05) is 19.9 Å². The van der Waals surface area contributed by atoms with Crippen LogP contribution < -0.4 is 15.6 Å². The molecular formula is C12H20N2O3S. The monoisotopic (exact) mass is 272 g/mol. The maximum absolute atomic E-state index is 11.3. The molecule has 0 aliphatic heterocycles. The van der Waals surface area contributed by atoms with Gasteiger partial charge in [-0.25, -0.2) is 13.6 Å². The van der Waals surface area contributed by atoms with Gasteiger partial charge in [-0.3, -0.25) is 0 Å². The molecule has 0 fully saturated rings. The molecule has 0 saturated carbocycles. The van der Waals surface area contributed by atoms with Crippen LogP contribution in [-0.2, 0) is 10.0 Å². The van der Waals surface area contributed by atoms with Crippen LogP contribution in [0, 0.1) is 5.92 Å². The zero-order chi connectivity index (χ0) is 13.8. The molecule has 0 radical (unpaired) electrons. The topological polar surface area (TPSA) is 95.4 Å². The average molecular weight is 272 g/mol. The van der Waals surface area contributed by atoms with Crippen molar-refractivity contribution in [3.8, 4) is 5.75 Å². The van der Waals surface area contributed by atoms with E-state index >= 15 is 0 Å². The molecule has 0 unspecified atom stereocenters. The van der Waals surface area contributed by atoms with Gasteiger partial charge in [-0.15, -0.1) is 0 Å². The van der Waals surface area contributed by atoms with Crippen LogP contribution in [0.1, 0.15) is 26.7 Å². The van der Waals surface area contributed by atoms with E-state index < -0.39 is 10.0 Å². The molecule has 102 valence electrons. The Morgan fingerprint density at radius 3 is 2.56 bits per heavy atom. The highest BCUT2D eigenvalue weighted by Crippen LogP contribution is 2.28. The second-order valence-electron chi connectivity index (χ2n) is 4.60. The number of hydrogen-bond acceptors (Lipinski definition) is 4. The van der Waals surface area contributed by atoms with E-state index in [-0.39, 0.29) is 10.6 Å². The Morgan fingerprint density at radius 2 is 2.00 bits per heavy atom. The molecule has 0 saturated heterocycles. The highest BCUT2D eigenvalue weighted by Gasteiger charge is 2.15. The van der Waals surface area contributed by atoms with Crippen molar-refractivity contribution in [2.75, 3.05) is 12.3 Å². The summed E-state index contributed by atoms with van der Waals surface area (Å²) in [6.07, 6.45) is 1.95. The predicted octanol–water partition coefficient (Wildman–Crippen LogP) is 1.73. The van der Waals surface area contributed by atoms with Gasteiger partial charge in [0.2, 0.25) is 10.0 Å². The average Bonchev–Trinajstić information content (AvgIpc) is 2.24. The third-order valence-corrected chi connectivity index (χ3v) is 3.49. The summed E-state index contributed by atoms with van der Waals surface area (Å²) in [4.78, 5) is -0.0936. The van der Waals surface area contributed by atoms with Gasteiger partial charge in [-0.2, -0.15) is 0 Å². The van der Waals surface area contributed by atoms with Crippen molar-refractivity contribution in [1.82, 2.24) is 0 Å². The first-order valence-corrected chi connectivity index (χ1v) is 7.41. The van der Waals surface area contributed by atoms with Gasteiger partial charge in [0, 0.05) is 0 Å². The van der Waals surface area contributed by atoms with Crippen molar-refractivity contribution in [1.29, 1.82) is 0 Å². The van der Waals surface area contributed by atoms with Crippen LogP contribution in [0.2, 0.25) is 0 Å². The molecule has 18 heavy (non-hydrogen) atoms. The Kier molecular flexibility index (Phi) is 4.98. The molecule has 0 aromatic heterocycles. The van der Waals surface area contributed by atoms with Crippen LogP contribution >= 0.6 is 0 Å². The van der Waals surface area contributed by atoms with Crippen LogP contribution in [0.5, 0.6) is 5.75 Å². The highest BCUT2D eigenvalue weighted by molar-refractivity contribution is 7.89. The molecule has 0 amide bonds. The summed E-state index contributed by atoms with van der Waals surface area (Å²) in [6, 6.07) is 4.57. The molecule has 1 aromatic rings. The fourth-order valence-electron chi connectivity index (χ4n) is 1.57. The number of nitrogens with two attached hydrogens (primary N) is 2. The van der Waals surface area contributed by atoms with Crippen LogP contribution in [0.3, 0.4) is 0 Å². The highest BCUT2D eigenvalue weighted by atomic mass is 32.2. The summed E-state index contributed by atoms with van der Waals surface area (Å²) in [6.45, 7) is 4.78. The number of anilines is 1. The number of para-hydroxylation sites is 1. The van der Waals surface area contributed by atoms with E-state index in [0.29, 0.717) is 18.3 Å². The fraction of sp³-hybridized carbons (Fsp3) is 0.500. The molecule has 0 heterocycles. The predicted molar refractivity (Wildman–Crippen MR) is 71.8 cm³/mol. The summed E-state index contributed by atoms with van der Waals surface area (Å²) in [7, 11) is -3.81. The molecule has 0 aliphatic rings. The maximum Gasteiger partial charge on any atom is 0.240 e. The second-order valence-corrected chi connectivity index (χ2v) is 6.13. The second kappa shape index (κ2) is 6.06. The SMILES string of the molecule is CC(C)CCCOc1cccc(S(N)(=O)=O)c1N. The Morgan fingerprint density at radius 1 is 1.33 bits per heavy atom. The number of hydrogen-bond donors (Lipinski definition) is 2. The first-order chi connectivity index (χ1) is 8.32. The summed E-state index contributed by atoms with van der Waals surface area (Å²) in [5.41, 5.74) is 5.80. The van der Waals surface area contributed by atoms with Crippen molar-refractivity contribution in [2.24, 2.45) is 11.1 Å². The summed E-state index contributed by atoms with van der Waals surface area (Å²) in [5.74, 6) is 0.979. The van der Waals surface area contributed by atoms with Crippen LogP contribution in [-0.4, -0.2) is 15.0 Å². The summed E-state index contributed by atoms with van der Waals surface area (Å²) in [5, 5.41) is 5.06. The first kappa shape index (κ1) is 14.8. The first-order valence-electron chi connectivity index (χ1n) is 5.86. The zero-order valence-electron chi connectivity index (χ0n) is 10.7. The van der Waals surface area contributed by atoms with Crippen molar-refractivity contribution in [3.63, 3.8) is 0 Å². The van der Waals surface area contributed by atoms with Crippen molar-refractivity contribution >= 4 is 15.7 Å². The standard InChI is InChI=1S/C12H20N2O3S/c1-9(2)5-4-8-17-10-6-3-7-11(12(10)13)18(14,15)16/h3,6-7,9H,4-5,8,13H2,1-2H3,(H2,14,15,16). The van der Waals surface area contributed by atoms with Gasteiger partial charge in [-0.05, 0) is 30.9 Å². The molecule has 6 heteroatoms. The lowest BCUT2D eigenvalue weighted by Gasteiger charge is -2.11. The number of nitrogen functional groups attached to an aromatic ring is 1. The fourth-order valence-corrected chi connectivity index (χ4v) is 2.25. The Labute approximate surface area is 108 Å². The van der Waals surface area contributed by atoms with E-state index in [9.17, 15) is 8.42 Å². The molecule has 1 rings (SSSR count). The minimum atomic E-state index is -3.81. The quantitative estimate of drug-likeness (QED) is 0.609. The number of sulfonamides is 1. The van der Waals surface area contributed by atoms with Gasteiger partial charge < -0.3 is 10.5 Å². The normalized spacial score (nSPS) is 11.8. The molecule has 5 nitrogen and oxygen atoms in total. The van der Waals surface area contributed by atoms with E-state index in [4.69, 9.17) is 15.6 Å². The number of benzene rings is 1. The van der Waals surface area contributed by atoms with E-state index in [2.05, 4.69) is 13.8 Å². The minimum absolute atomic E-state index is 0.0737. The van der Waals surface area contributed by atoms with Crippen molar-refractivity contribution < 1.29 is 13.2 Å². The Balaban J connectivity index is 2.73. The molecule has 1 aromatic carbocycles. The lowest BCUT2D eigenvalue weighted by atomic mass is 10.1. The number of rotatable bonds is 6. The van der Waals surface area contributed by atoms with E-state index in [0.717, 1.165) is 12.8 Å².